The van der Waals surface area contributed by atoms with E-state index in [4.69, 9.17) is 10.8 Å². The van der Waals surface area contributed by atoms with Gasteiger partial charge in [-0.25, -0.2) is 4.79 Å². The molecule has 12 nitrogen and oxygen atoms in total. The molecular weight excluding hydrogens is 460 g/mol. The van der Waals surface area contributed by atoms with Crippen molar-refractivity contribution in [3.63, 3.8) is 0 Å². The Morgan fingerprint density at radius 2 is 1.46 bits per heavy atom. The third kappa shape index (κ3) is 10.0. The van der Waals surface area contributed by atoms with Gasteiger partial charge in [0.05, 0.1) is 6.04 Å². The van der Waals surface area contributed by atoms with Crippen molar-refractivity contribution in [3.05, 3.63) is 29.8 Å². The Kier molecular flexibility index (Phi) is 11.7. The van der Waals surface area contributed by atoms with E-state index < -0.39 is 66.2 Å². The first kappa shape index (κ1) is 29.4. The first-order valence-corrected chi connectivity index (χ1v) is 11.2. The summed E-state index contributed by atoms with van der Waals surface area (Å²) in [5.41, 5.74) is 6.23. The fourth-order valence-corrected chi connectivity index (χ4v) is 3.12. The highest BCUT2D eigenvalue weighted by Crippen LogP contribution is 2.13. The highest BCUT2D eigenvalue weighted by molar-refractivity contribution is 5.94. The molecule has 3 amide bonds. The summed E-state index contributed by atoms with van der Waals surface area (Å²) in [5.74, 6) is -5.06. The summed E-state index contributed by atoms with van der Waals surface area (Å²) in [5, 5.41) is 35.1. The maximum absolute atomic E-state index is 13.2. The lowest BCUT2D eigenvalue weighted by molar-refractivity contribution is -0.143. The molecule has 8 N–H and O–H groups in total. The van der Waals surface area contributed by atoms with Gasteiger partial charge in [0, 0.05) is 12.8 Å². The zero-order valence-corrected chi connectivity index (χ0v) is 20.0. The van der Waals surface area contributed by atoms with E-state index >= 15 is 0 Å². The lowest BCUT2D eigenvalue weighted by Gasteiger charge is -2.28. The average Bonchev–Trinajstić information content (AvgIpc) is 2.79. The first-order chi connectivity index (χ1) is 16.3. The quantitative estimate of drug-likeness (QED) is 0.181. The number of rotatable bonds is 14. The molecule has 0 aliphatic rings. The van der Waals surface area contributed by atoms with Gasteiger partial charge in [-0.05, 0) is 37.0 Å². The van der Waals surface area contributed by atoms with Crippen LogP contribution >= 0.6 is 0 Å². The van der Waals surface area contributed by atoms with Gasteiger partial charge in [-0.15, -0.1) is 0 Å². The second-order valence-electron chi connectivity index (χ2n) is 8.42. The highest BCUT2D eigenvalue weighted by Gasteiger charge is 2.32. The summed E-state index contributed by atoms with van der Waals surface area (Å²) in [6.45, 7) is 4.92. The lowest BCUT2D eigenvalue weighted by Crippen LogP contribution is -2.59. The molecule has 0 spiro atoms. The number of hydrogen-bond donors (Lipinski definition) is 7. The summed E-state index contributed by atoms with van der Waals surface area (Å²) in [6, 6.07) is 1.40. The fraction of sp³-hybridized carbons (Fsp3) is 0.522. The van der Waals surface area contributed by atoms with Crippen LogP contribution in [0, 0.1) is 5.92 Å². The number of hydrogen-bond acceptors (Lipinski definition) is 7. The first-order valence-electron chi connectivity index (χ1n) is 11.2. The molecule has 0 radical (unpaired) electrons. The van der Waals surface area contributed by atoms with Crippen LogP contribution in [0.5, 0.6) is 5.75 Å². The van der Waals surface area contributed by atoms with Gasteiger partial charge in [-0.3, -0.25) is 19.2 Å². The minimum Gasteiger partial charge on any atom is -0.508 e. The summed E-state index contributed by atoms with van der Waals surface area (Å²) < 4.78 is 0. The van der Waals surface area contributed by atoms with Gasteiger partial charge in [-0.2, -0.15) is 0 Å². The number of benzene rings is 1. The van der Waals surface area contributed by atoms with E-state index in [1.165, 1.54) is 19.1 Å². The molecule has 0 aromatic heterocycles. The van der Waals surface area contributed by atoms with Crippen LogP contribution in [-0.2, 0) is 30.4 Å². The van der Waals surface area contributed by atoms with E-state index in [1.54, 1.807) is 26.0 Å². The normalized spacial score (nSPS) is 15.1. The van der Waals surface area contributed by atoms with Crippen molar-refractivity contribution in [1.29, 1.82) is 0 Å². The standard InChI is InChI=1S/C23H34N4O8/c1-4-12(2)19(22(33)25-16(23(34)35)9-10-18(29)30)27-21(32)17(26-20(31)13(3)24)11-14-5-7-15(28)8-6-14/h5-8,12-13,16-17,19,28H,4,9-11,24H2,1-3H3,(H,25,33)(H,26,31)(H,27,32)(H,29,30)(H,34,35). The Hall–Kier alpha value is -3.67. The van der Waals surface area contributed by atoms with Gasteiger partial charge in [0.1, 0.15) is 23.9 Å². The molecule has 35 heavy (non-hydrogen) atoms. The molecule has 0 fully saturated rings. The van der Waals surface area contributed by atoms with Crippen LogP contribution < -0.4 is 21.7 Å². The number of nitrogens with two attached hydrogens (primary N) is 1. The molecule has 5 atom stereocenters. The van der Waals surface area contributed by atoms with Crippen molar-refractivity contribution in [3.8, 4) is 5.75 Å². The monoisotopic (exact) mass is 494 g/mol. The van der Waals surface area contributed by atoms with Gasteiger partial charge in [-0.1, -0.05) is 32.4 Å². The van der Waals surface area contributed by atoms with Crippen molar-refractivity contribution in [2.24, 2.45) is 11.7 Å². The number of aliphatic carboxylic acids is 2. The molecule has 1 aromatic carbocycles. The summed E-state index contributed by atoms with van der Waals surface area (Å²) >= 11 is 0. The molecule has 194 valence electrons. The smallest absolute Gasteiger partial charge is 0.326 e. The topological polar surface area (TPSA) is 208 Å². The Balaban J connectivity index is 3.10. The third-order valence-electron chi connectivity index (χ3n) is 5.48. The molecule has 5 unspecified atom stereocenters. The zero-order chi connectivity index (χ0) is 26.7. The summed E-state index contributed by atoms with van der Waals surface area (Å²) in [4.78, 5) is 60.6. The molecule has 0 aliphatic carbocycles. The molecule has 0 bridgehead atoms. The summed E-state index contributed by atoms with van der Waals surface area (Å²) in [6.07, 6.45) is -0.295. The van der Waals surface area contributed by atoms with Gasteiger partial charge in [0.15, 0.2) is 0 Å². The SMILES string of the molecule is CCC(C)C(NC(=O)C(Cc1ccc(O)cc1)NC(=O)C(C)N)C(=O)NC(CCC(=O)O)C(=O)O. The Bertz CT molecular complexity index is 903. The Morgan fingerprint density at radius 1 is 0.886 bits per heavy atom. The average molecular weight is 495 g/mol. The lowest BCUT2D eigenvalue weighted by atomic mass is 9.96. The van der Waals surface area contributed by atoms with Crippen LogP contribution in [0.4, 0.5) is 0 Å². The Morgan fingerprint density at radius 3 is 1.94 bits per heavy atom. The van der Waals surface area contributed by atoms with Crippen LogP contribution in [-0.4, -0.2) is 69.1 Å². The Labute approximate surface area is 203 Å². The molecule has 0 saturated carbocycles. The van der Waals surface area contributed by atoms with Gasteiger partial charge >= 0.3 is 11.9 Å². The van der Waals surface area contributed by atoms with Gasteiger partial charge < -0.3 is 37.0 Å². The predicted octanol–water partition coefficient (Wildman–Crippen LogP) is -0.268. The molecule has 0 aliphatic heterocycles. The number of aromatic hydroxyl groups is 1. The van der Waals surface area contributed by atoms with Crippen molar-refractivity contribution in [1.82, 2.24) is 16.0 Å². The summed E-state index contributed by atoms with van der Waals surface area (Å²) in [7, 11) is 0. The maximum atomic E-state index is 13.2. The minimum atomic E-state index is -1.45. The molecular formula is C23H34N4O8. The molecule has 0 heterocycles. The van der Waals surface area contributed by atoms with Crippen molar-refractivity contribution < 1.29 is 39.3 Å². The maximum Gasteiger partial charge on any atom is 0.326 e. The van der Waals surface area contributed by atoms with Crippen molar-refractivity contribution in [2.75, 3.05) is 0 Å². The van der Waals surface area contributed by atoms with E-state index in [2.05, 4.69) is 16.0 Å². The van der Waals surface area contributed by atoms with E-state index in [0.29, 0.717) is 12.0 Å². The van der Waals surface area contributed by atoms with Crippen LogP contribution in [0.3, 0.4) is 0 Å². The second kappa shape index (κ2) is 13.9. The molecule has 0 saturated heterocycles. The second-order valence-corrected chi connectivity index (χ2v) is 8.42. The van der Waals surface area contributed by atoms with Crippen LogP contribution in [0.25, 0.3) is 0 Å². The fourth-order valence-electron chi connectivity index (χ4n) is 3.12. The number of carbonyl (C=O) groups is 5. The van der Waals surface area contributed by atoms with E-state index in [9.17, 15) is 34.2 Å². The zero-order valence-electron chi connectivity index (χ0n) is 20.0. The van der Waals surface area contributed by atoms with E-state index in [1.807, 2.05) is 0 Å². The minimum absolute atomic E-state index is 0.0266. The van der Waals surface area contributed by atoms with Crippen molar-refractivity contribution >= 4 is 29.7 Å². The van der Waals surface area contributed by atoms with Crippen LogP contribution in [0.1, 0.15) is 45.6 Å². The largest absolute Gasteiger partial charge is 0.508 e. The number of amides is 3. The molecule has 1 aromatic rings. The van der Waals surface area contributed by atoms with E-state index in [-0.39, 0.29) is 18.6 Å². The predicted molar refractivity (Wildman–Crippen MR) is 125 cm³/mol. The highest BCUT2D eigenvalue weighted by atomic mass is 16.4. The van der Waals surface area contributed by atoms with Gasteiger partial charge in [0.25, 0.3) is 0 Å². The van der Waals surface area contributed by atoms with Crippen LogP contribution in [0.15, 0.2) is 24.3 Å². The van der Waals surface area contributed by atoms with E-state index in [0.717, 1.165) is 0 Å². The molecule has 12 heteroatoms. The number of nitrogens with one attached hydrogen (secondary N) is 3. The number of carboxylic acids is 2. The number of phenolic OH excluding ortho intramolecular Hbond substituents is 1. The van der Waals surface area contributed by atoms with Crippen LogP contribution in [0.2, 0.25) is 0 Å². The van der Waals surface area contributed by atoms with Gasteiger partial charge in [0.2, 0.25) is 17.7 Å². The van der Waals surface area contributed by atoms with Crippen molar-refractivity contribution in [2.45, 2.75) is 70.6 Å². The number of carbonyl (C=O) groups excluding carboxylic acids is 3. The number of carboxylic acid groups (broad SMARTS) is 2. The third-order valence-corrected chi connectivity index (χ3v) is 5.48. The number of phenols is 1. The molecule has 1 rings (SSSR count).